The molecule has 3 nitrogen and oxygen atoms in total. The highest BCUT2D eigenvalue weighted by atomic mass is 16.5. The van der Waals surface area contributed by atoms with Crippen LogP contribution in [0, 0.1) is 0 Å². The molecule has 0 unspecified atom stereocenters. The lowest BCUT2D eigenvalue weighted by molar-refractivity contribution is 0.306. The fourth-order valence-electron chi connectivity index (χ4n) is 2.72. The van der Waals surface area contributed by atoms with Crippen LogP contribution in [0.1, 0.15) is 30.9 Å². The Labute approximate surface area is 162 Å². The Hall–Kier alpha value is -2.94. The molecule has 0 spiro atoms. The molecule has 0 aliphatic rings. The SMILES string of the molecule is CC(C)c1ccc(OCCNc2ccc(OCc3ccccc3)cc2)cc1. The lowest BCUT2D eigenvalue weighted by Crippen LogP contribution is -2.11. The first-order valence-electron chi connectivity index (χ1n) is 9.44. The van der Waals surface area contributed by atoms with Crippen LogP contribution < -0.4 is 14.8 Å². The summed E-state index contributed by atoms with van der Waals surface area (Å²) in [5.41, 5.74) is 3.55. The number of nitrogens with one attached hydrogen (secondary N) is 1. The second kappa shape index (κ2) is 9.67. The summed E-state index contributed by atoms with van der Waals surface area (Å²) >= 11 is 0. The van der Waals surface area contributed by atoms with Crippen LogP contribution in [0.4, 0.5) is 5.69 Å². The molecule has 3 heteroatoms. The molecule has 0 bridgehead atoms. The molecule has 3 rings (SSSR count). The molecule has 0 amide bonds. The first kappa shape index (κ1) is 18.8. The average Bonchev–Trinajstić information content (AvgIpc) is 2.71. The molecule has 0 aliphatic carbocycles. The Morgan fingerprint density at radius 1 is 0.741 bits per heavy atom. The van der Waals surface area contributed by atoms with E-state index in [1.807, 2.05) is 54.6 Å². The molecule has 0 heterocycles. The van der Waals surface area contributed by atoms with Crippen molar-refractivity contribution in [1.29, 1.82) is 0 Å². The van der Waals surface area contributed by atoms with Gasteiger partial charge in [-0.05, 0) is 53.4 Å². The molecular formula is C24H27NO2. The van der Waals surface area contributed by atoms with E-state index >= 15 is 0 Å². The largest absolute Gasteiger partial charge is 0.492 e. The second-order valence-electron chi connectivity index (χ2n) is 6.80. The zero-order chi connectivity index (χ0) is 18.9. The Kier molecular flexibility index (Phi) is 6.75. The van der Waals surface area contributed by atoms with Crippen molar-refractivity contribution < 1.29 is 9.47 Å². The molecule has 140 valence electrons. The van der Waals surface area contributed by atoms with Gasteiger partial charge in [-0.3, -0.25) is 0 Å². The predicted octanol–water partition coefficient (Wildman–Crippen LogP) is 5.88. The van der Waals surface area contributed by atoms with E-state index in [1.165, 1.54) is 11.1 Å². The predicted molar refractivity (Wildman–Crippen MR) is 112 cm³/mol. The van der Waals surface area contributed by atoms with E-state index in [-0.39, 0.29) is 0 Å². The van der Waals surface area contributed by atoms with E-state index in [2.05, 4.69) is 43.4 Å². The number of benzene rings is 3. The first-order valence-corrected chi connectivity index (χ1v) is 9.44. The average molecular weight is 361 g/mol. The lowest BCUT2D eigenvalue weighted by Gasteiger charge is -2.11. The Bertz CT molecular complexity index is 796. The van der Waals surface area contributed by atoms with Crippen LogP contribution in [0.2, 0.25) is 0 Å². The van der Waals surface area contributed by atoms with Gasteiger partial charge in [-0.15, -0.1) is 0 Å². The summed E-state index contributed by atoms with van der Waals surface area (Å²) in [5.74, 6) is 2.32. The maximum Gasteiger partial charge on any atom is 0.119 e. The maximum absolute atomic E-state index is 5.80. The van der Waals surface area contributed by atoms with Crippen molar-refractivity contribution in [2.75, 3.05) is 18.5 Å². The third-order valence-corrected chi connectivity index (χ3v) is 4.35. The Balaban J connectivity index is 1.38. The topological polar surface area (TPSA) is 30.5 Å². The van der Waals surface area contributed by atoms with Gasteiger partial charge in [0.2, 0.25) is 0 Å². The zero-order valence-corrected chi connectivity index (χ0v) is 16.0. The van der Waals surface area contributed by atoms with Gasteiger partial charge >= 0.3 is 0 Å². The van der Waals surface area contributed by atoms with Gasteiger partial charge < -0.3 is 14.8 Å². The highest BCUT2D eigenvalue weighted by Gasteiger charge is 2.00. The van der Waals surface area contributed by atoms with Crippen molar-refractivity contribution in [3.8, 4) is 11.5 Å². The van der Waals surface area contributed by atoms with Crippen LogP contribution in [-0.2, 0) is 6.61 Å². The van der Waals surface area contributed by atoms with Gasteiger partial charge in [0.25, 0.3) is 0 Å². The third-order valence-electron chi connectivity index (χ3n) is 4.35. The van der Waals surface area contributed by atoms with Crippen LogP contribution in [0.3, 0.4) is 0 Å². The number of hydrogen-bond donors (Lipinski definition) is 1. The number of rotatable bonds is 9. The quantitative estimate of drug-likeness (QED) is 0.483. The van der Waals surface area contributed by atoms with Crippen molar-refractivity contribution in [3.63, 3.8) is 0 Å². The van der Waals surface area contributed by atoms with Crippen LogP contribution in [0.5, 0.6) is 11.5 Å². The van der Waals surface area contributed by atoms with Gasteiger partial charge in [0.15, 0.2) is 0 Å². The van der Waals surface area contributed by atoms with Crippen molar-refractivity contribution >= 4 is 5.69 Å². The van der Waals surface area contributed by atoms with Gasteiger partial charge in [0, 0.05) is 12.2 Å². The Morgan fingerprint density at radius 2 is 1.37 bits per heavy atom. The van der Waals surface area contributed by atoms with E-state index in [9.17, 15) is 0 Å². The normalized spacial score (nSPS) is 10.6. The fraction of sp³-hybridized carbons (Fsp3) is 0.250. The second-order valence-corrected chi connectivity index (χ2v) is 6.80. The molecule has 0 fully saturated rings. The van der Waals surface area contributed by atoms with E-state index in [1.54, 1.807) is 0 Å². The summed E-state index contributed by atoms with van der Waals surface area (Å²) in [7, 11) is 0. The minimum Gasteiger partial charge on any atom is -0.492 e. The summed E-state index contributed by atoms with van der Waals surface area (Å²) in [5, 5.41) is 3.36. The molecule has 27 heavy (non-hydrogen) atoms. The molecule has 0 aromatic heterocycles. The summed E-state index contributed by atoms with van der Waals surface area (Å²) in [6.07, 6.45) is 0. The summed E-state index contributed by atoms with van der Waals surface area (Å²) < 4.78 is 11.6. The number of hydrogen-bond acceptors (Lipinski definition) is 3. The van der Waals surface area contributed by atoms with E-state index in [0.717, 1.165) is 23.7 Å². The number of ether oxygens (including phenoxy) is 2. The third kappa shape index (κ3) is 6.07. The Morgan fingerprint density at radius 3 is 2.04 bits per heavy atom. The molecule has 3 aromatic carbocycles. The minimum absolute atomic E-state index is 0.542. The lowest BCUT2D eigenvalue weighted by atomic mass is 10.0. The van der Waals surface area contributed by atoms with Gasteiger partial charge in [-0.2, -0.15) is 0 Å². The minimum atomic E-state index is 0.542. The molecule has 0 saturated heterocycles. The number of anilines is 1. The van der Waals surface area contributed by atoms with Gasteiger partial charge in [-0.1, -0.05) is 56.3 Å². The highest BCUT2D eigenvalue weighted by molar-refractivity contribution is 5.46. The monoisotopic (exact) mass is 361 g/mol. The first-order chi connectivity index (χ1) is 13.2. The van der Waals surface area contributed by atoms with Gasteiger partial charge in [-0.25, -0.2) is 0 Å². The standard InChI is InChI=1S/C24H27NO2/c1-19(2)21-8-12-23(13-9-21)26-17-16-25-22-10-14-24(15-11-22)27-18-20-6-4-3-5-7-20/h3-15,19,25H,16-18H2,1-2H3. The zero-order valence-electron chi connectivity index (χ0n) is 16.0. The fourth-order valence-corrected chi connectivity index (χ4v) is 2.72. The molecule has 1 N–H and O–H groups in total. The van der Waals surface area contributed by atoms with E-state index < -0.39 is 0 Å². The van der Waals surface area contributed by atoms with Crippen molar-refractivity contribution in [2.24, 2.45) is 0 Å². The smallest absolute Gasteiger partial charge is 0.119 e. The van der Waals surface area contributed by atoms with Crippen LogP contribution in [0.15, 0.2) is 78.9 Å². The highest BCUT2D eigenvalue weighted by Crippen LogP contribution is 2.19. The van der Waals surface area contributed by atoms with Crippen LogP contribution >= 0.6 is 0 Å². The van der Waals surface area contributed by atoms with Crippen molar-refractivity contribution in [1.82, 2.24) is 0 Å². The summed E-state index contributed by atoms with van der Waals surface area (Å²) in [6, 6.07) is 26.5. The van der Waals surface area contributed by atoms with Crippen LogP contribution in [-0.4, -0.2) is 13.2 Å². The maximum atomic E-state index is 5.80. The molecular weight excluding hydrogens is 334 g/mol. The molecule has 3 aromatic rings. The summed E-state index contributed by atoms with van der Waals surface area (Å²) in [6.45, 7) is 6.33. The molecule has 0 saturated carbocycles. The van der Waals surface area contributed by atoms with Crippen molar-refractivity contribution in [2.45, 2.75) is 26.4 Å². The van der Waals surface area contributed by atoms with E-state index in [0.29, 0.717) is 19.1 Å². The summed E-state index contributed by atoms with van der Waals surface area (Å²) in [4.78, 5) is 0. The van der Waals surface area contributed by atoms with Crippen molar-refractivity contribution in [3.05, 3.63) is 90.0 Å². The molecule has 0 radical (unpaired) electrons. The van der Waals surface area contributed by atoms with Crippen LogP contribution in [0.25, 0.3) is 0 Å². The van der Waals surface area contributed by atoms with Gasteiger partial charge in [0.1, 0.15) is 24.7 Å². The molecule has 0 aliphatic heterocycles. The van der Waals surface area contributed by atoms with E-state index in [4.69, 9.17) is 9.47 Å². The van der Waals surface area contributed by atoms with Gasteiger partial charge in [0.05, 0.1) is 0 Å². The molecule has 0 atom stereocenters.